The van der Waals surface area contributed by atoms with Gasteiger partial charge in [-0.3, -0.25) is 9.36 Å². The standard InChI is InChI=1S/C11H9F2N3O3S/c12-6-1-2-7(13)8(3-6)16-9(4-17)14-15-11(16)20-5-10(18)19/h1-3,17H,4-5H2,(H,18,19). The molecule has 106 valence electrons. The first-order valence-electron chi connectivity index (χ1n) is 5.38. The van der Waals surface area contributed by atoms with Gasteiger partial charge in [-0.1, -0.05) is 11.8 Å². The molecular formula is C11H9F2N3O3S. The Kier molecular flexibility index (Phi) is 4.30. The maximum absolute atomic E-state index is 13.8. The van der Waals surface area contributed by atoms with Gasteiger partial charge in [-0.15, -0.1) is 10.2 Å². The van der Waals surface area contributed by atoms with Crippen LogP contribution in [-0.4, -0.2) is 36.7 Å². The normalized spacial score (nSPS) is 10.8. The summed E-state index contributed by atoms with van der Waals surface area (Å²) in [6.45, 7) is -0.545. The van der Waals surface area contributed by atoms with E-state index in [1.54, 1.807) is 0 Å². The zero-order valence-corrected chi connectivity index (χ0v) is 10.8. The minimum atomic E-state index is -1.09. The third kappa shape index (κ3) is 2.94. The molecule has 0 saturated heterocycles. The number of benzene rings is 1. The van der Waals surface area contributed by atoms with Crippen molar-refractivity contribution in [2.45, 2.75) is 11.8 Å². The van der Waals surface area contributed by atoms with Crippen molar-refractivity contribution in [3.05, 3.63) is 35.7 Å². The van der Waals surface area contributed by atoms with Gasteiger partial charge in [-0.2, -0.15) is 0 Å². The lowest BCUT2D eigenvalue weighted by Gasteiger charge is -2.09. The molecule has 0 saturated carbocycles. The first-order valence-corrected chi connectivity index (χ1v) is 6.36. The molecule has 0 aliphatic heterocycles. The Morgan fingerprint density at radius 2 is 2.10 bits per heavy atom. The Hall–Kier alpha value is -2.00. The summed E-state index contributed by atoms with van der Waals surface area (Å²) >= 11 is 0.790. The van der Waals surface area contributed by atoms with E-state index in [0.29, 0.717) is 0 Å². The fourth-order valence-electron chi connectivity index (χ4n) is 1.52. The van der Waals surface area contributed by atoms with Crippen LogP contribution in [0.4, 0.5) is 8.78 Å². The van der Waals surface area contributed by atoms with Crippen LogP contribution in [0.25, 0.3) is 5.69 Å². The maximum atomic E-state index is 13.8. The lowest BCUT2D eigenvalue weighted by atomic mass is 10.3. The highest BCUT2D eigenvalue weighted by Crippen LogP contribution is 2.24. The van der Waals surface area contributed by atoms with Gasteiger partial charge in [-0.05, 0) is 12.1 Å². The zero-order valence-electron chi connectivity index (χ0n) is 9.95. The smallest absolute Gasteiger partial charge is 0.313 e. The van der Waals surface area contributed by atoms with E-state index < -0.39 is 24.2 Å². The summed E-state index contributed by atoms with van der Waals surface area (Å²) in [6, 6.07) is 2.80. The van der Waals surface area contributed by atoms with Crippen LogP contribution in [-0.2, 0) is 11.4 Å². The number of hydrogen-bond donors (Lipinski definition) is 2. The number of carboxylic acids is 1. The quantitative estimate of drug-likeness (QED) is 0.807. The summed E-state index contributed by atoms with van der Waals surface area (Å²) in [5, 5.41) is 25.1. The molecule has 0 atom stereocenters. The fourth-order valence-corrected chi connectivity index (χ4v) is 2.21. The second-order valence-electron chi connectivity index (χ2n) is 3.67. The minimum Gasteiger partial charge on any atom is -0.481 e. The van der Waals surface area contributed by atoms with E-state index in [2.05, 4.69) is 10.2 Å². The molecule has 1 aromatic carbocycles. The Morgan fingerprint density at radius 1 is 1.35 bits per heavy atom. The van der Waals surface area contributed by atoms with Gasteiger partial charge in [0.1, 0.15) is 18.2 Å². The van der Waals surface area contributed by atoms with Gasteiger partial charge >= 0.3 is 5.97 Å². The summed E-state index contributed by atoms with van der Waals surface area (Å²) in [4.78, 5) is 10.6. The Bertz CT molecular complexity index is 648. The highest BCUT2D eigenvalue weighted by Gasteiger charge is 2.18. The Morgan fingerprint density at radius 3 is 2.75 bits per heavy atom. The Balaban J connectivity index is 2.50. The van der Waals surface area contributed by atoms with Gasteiger partial charge in [0.25, 0.3) is 0 Å². The number of thioether (sulfide) groups is 1. The summed E-state index contributed by atoms with van der Waals surface area (Å²) in [6.07, 6.45) is 0. The first-order chi connectivity index (χ1) is 9.52. The lowest BCUT2D eigenvalue weighted by Crippen LogP contribution is -2.07. The van der Waals surface area contributed by atoms with E-state index in [1.165, 1.54) is 0 Å². The van der Waals surface area contributed by atoms with E-state index in [-0.39, 0.29) is 22.4 Å². The monoisotopic (exact) mass is 301 g/mol. The van der Waals surface area contributed by atoms with Crippen LogP contribution in [0.5, 0.6) is 0 Å². The van der Waals surface area contributed by atoms with Crippen LogP contribution < -0.4 is 0 Å². The number of rotatable bonds is 5. The SMILES string of the molecule is O=C(O)CSc1nnc(CO)n1-c1cc(F)ccc1F. The minimum absolute atomic E-state index is 0.0117. The summed E-state index contributed by atoms with van der Waals surface area (Å²) < 4.78 is 28.1. The molecule has 1 aromatic heterocycles. The molecule has 1 heterocycles. The largest absolute Gasteiger partial charge is 0.481 e. The van der Waals surface area contributed by atoms with Gasteiger partial charge in [0.05, 0.1) is 11.4 Å². The molecule has 2 aromatic rings. The number of carbonyl (C=O) groups is 1. The van der Waals surface area contributed by atoms with Gasteiger partial charge in [0.15, 0.2) is 11.0 Å². The van der Waals surface area contributed by atoms with Crippen LogP contribution in [0.3, 0.4) is 0 Å². The van der Waals surface area contributed by atoms with Gasteiger partial charge in [0, 0.05) is 6.07 Å². The van der Waals surface area contributed by atoms with E-state index in [9.17, 15) is 13.6 Å². The molecule has 20 heavy (non-hydrogen) atoms. The molecule has 9 heteroatoms. The van der Waals surface area contributed by atoms with Crippen molar-refractivity contribution in [2.24, 2.45) is 0 Å². The van der Waals surface area contributed by atoms with Gasteiger partial charge in [0.2, 0.25) is 0 Å². The highest BCUT2D eigenvalue weighted by atomic mass is 32.2. The number of aromatic nitrogens is 3. The van der Waals surface area contributed by atoms with Crippen LogP contribution in [0.15, 0.2) is 23.4 Å². The van der Waals surface area contributed by atoms with Crippen molar-refractivity contribution in [3.63, 3.8) is 0 Å². The molecule has 0 radical (unpaired) electrons. The molecule has 0 unspecified atom stereocenters. The van der Waals surface area contributed by atoms with Crippen molar-refractivity contribution < 1.29 is 23.8 Å². The van der Waals surface area contributed by atoms with Crippen LogP contribution in [0.2, 0.25) is 0 Å². The maximum Gasteiger partial charge on any atom is 0.313 e. The second-order valence-corrected chi connectivity index (χ2v) is 4.61. The first kappa shape index (κ1) is 14.4. The van der Waals surface area contributed by atoms with Crippen molar-refractivity contribution in [1.82, 2.24) is 14.8 Å². The van der Waals surface area contributed by atoms with Crippen molar-refractivity contribution in [2.75, 3.05) is 5.75 Å². The molecule has 0 aliphatic carbocycles. The molecule has 2 rings (SSSR count). The number of aliphatic hydroxyl groups excluding tert-OH is 1. The average molecular weight is 301 g/mol. The molecule has 0 fully saturated rings. The molecule has 6 nitrogen and oxygen atoms in total. The Labute approximate surface area is 116 Å². The molecule has 0 bridgehead atoms. The highest BCUT2D eigenvalue weighted by molar-refractivity contribution is 7.99. The average Bonchev–Trinajstić information content (AvgIpc) is 2.82. The summed E-state index contributed by atoms with van der Waals surface area (Å²) in [5.74, 6) is -2.83. The predicted octanol–water partition coefficient (Wildman–Crippen LogP) is 1.21. The fraction of sp³-hybridized carbons (Fsp3) is 0.182. The van der Waals surface area contributed by atoms with Crippen molar-refractivity contribution in [3.8, 4) is 5.69 Å². The molecule has 2 N–H and O–H groups in total. The number of hydrogen-bond acceptors (Lipinski definition) is 5. The third-order valence-electron chi connectivity index (χ3n) is 2.32. The van der Waals surface area contributed by atoms with Crippen molar-refractivity contribution in [1.29, 1.82) is 0 Å². The molecule has 0 spiro atoms. The number of nitrogens with zero attached hydrogens (tertiary/aromatic N) is 3. The summed E-state index contributed by atoms with van der Waals surface area (Å²) in [7, 11) is 0. The number of aliphatic carboxylic acids is 1. The third-order valence-corrected chi connectivity index (χ3v) is 3.23. The summed E-state index contributed by atoms with van der Waals surface area (Å²) in [5.41, 5.74) is -0.188. The van der Waals surface area contributed by atoms with E-state index in [1.807, 2.05) is 0 Å². The van der Waals surface area contributed by atoms with Crippen molar-refractivity contribution >= 4 is 17.7 Å². The number of carboxylic acid groups (broad SMARTS) is 1. The van der Waals surface area contributed by atoms with Gasteiger partial charge < -0.3 is 10.2 Å². The number of halogens is 2. The number of aliphatic hydroxyl groups is 1. The van der Waals surface area contributed by atoms with E-state index in [4.69, 9.17) is 10.2 Å². The van der Waals surface area contributed by atoms with E-state index >= 15 is 0 Å². The van der Waals surface area contributed by atoms with Gasteiger partial charge in [-0.25, -0.2) is 8.78 Å². The zero-order chi connectivity index (χ0) is 14.7. The topological polar surface area (TPSA) is 88.2 Å². The molecular weight excluding hydrogens is 292 g/mol. The van der Waals surface area contributed by atoms with E-state index in [0.717, 1.165) is 34.5 Å². The van der Waals surface area contributed by atoms with Crippen LogP contribution in [0, 0.1) is 11.6 Å². The van der Waals surface area contributed by atoms with Crippen LogP contribution >= 0.6 is 11.8 Å². The molecule has 0 aliphatic rings. The second kappa shape index (κ2) is 5.97. The molecule has 0 amide bonds. The predicted molar refractivity (Wildman–Crippen MR) is 65.6 cm³/mol. The van der Waals surface area contributed by atoms with Crippen LogP contribution in [0.1, 0.15) is 5.82 Å². The lowest BCUT2D eigenvalue weighted by molar-refractivity contribution is -0.133.